The van der Waals surface area contributed by atoms with Crippen molar-refractivity contribution in [3.8, 4) is 5.75 Å². The molecule has 3 nitrogen and oxygen atoms in total. The van der Waals surface area contributed by atoms with Gasteiger partial charge in [-0.15, -0.1) is 0 Å². The van der Waals surface area contributed by atoms with Crippen molar-refractivity contribution in [2.24, 2.45) is 0 Å². The largest absolute Gasteiger partial charge is 0.494 e. The van der Waals surface area contributed by atoms with E-state index in [2.05, 4.69) is 6.92 Å². The van der Waals surface area contributed by atoms with Gasteiger partial charge in [0.2, 0.25) is 0 Å². The Morgan fingerprint density at radius 3 is 2.69 bits per heavy atom. The molecule has 0 aliphatic heterocycles. The Labute approximate surface area is 100.0 Å². The second-order valence-corrected chi connectivity index (χ2v) is 4.01. The molecular weight excluding hydrogens is 228 g/mol. The molecule has 4 heteroatoms. The number of benzene rings is 1. The highest BCUT2D eigenvalue weighted by Gasteiger charge is 2.13. The summed E-state index contributed by atoms with van der Waals surface area (Å²) in [6.45, 7) is 4.41. The van der Waals surface area contributed by atoms with E-state index in [9.17, 15) is 4.79 Å². The molecule has 0 aliphatic rings. The summed E-state index contributed by atoms with van der Waals surface area (Å²) < 4.78 is 5.47. The minimum absolute atomic E-state index is 0.143. The molecular formula is C12H15ClO3. The lowest BCUT2D eigenvalue weighted by Gasteiger charge is -2.09. The maximum atomic E-state index is 10.9. The number of ether oxygens (including phenoxy) is 1. The summed E-state index contributed by atoms with van der Waals surface area (Å²) in [5, 5.41) is 9.15. The molecule has 0 spiro atoms. The summed E-state index contributed by atoms with van der Waals surface area (Å²) in [7, 11) is 0. The van der Waals surface area contributed by atoms with Crippen LogP contribution in [0.1, 0.15) is 35.7 Å². The number of carboxylic acids is 1. The zero-order valence-corrected chi connectivity index (χ0v) is 10.2. The van der Waals surface area contributed by atoms with E-state index in [0.29, 0.717) is 17.9 Å². The molecule has 1 rings (SSSR count). The number of aryl methyl sites for hydroxylation is 1. The van der Waals surface area contributed by atoms with Gasteiger partial charge in [0.05, 0.1) is 17.2 Å². The lowest BCUT2D eigenvalue weighted by Crippen LogP contribution is -2.03. The molecule has 0 saturated heterocycles. The Bertz CT molecular complexity index is 365. The van der Waals surface area contributed by atoms with Crippen LogP contribution in [0.3, 0.4) is 0 Å². The van der Waals surface area contributed by atoms with E-state index in [-0.39, 0.29) is 10.6 Å². The molecule has 0 radical (unpaired) electrons. The molecule has 0 saturated carbocycles. The number of rotatable bonds is 5. The normalized spacial score (nSPS) is 10.2. The molecule has 16 heavy (non-hydrogen) atoms. The lowest BCUT2D eigenvalue weighted by molar-refractivity contribution is 0.0696. The predicted octanol–water partition coefficient (Wildman–Crippen LogP) is 3.53. The number of halogens is 1. The number of hydrogen-bond donors (Lipinski definition) is 1. The van der Waals surface area contributed by atoms with Crippen LogP contribution >= 0.6 is 11.6 Å². The Kier molecular flexibility index (Phi) is 4.62. The first kappa shape index (κ1) is 12.8. The Hall–Kier alpha value is -1.22. The molecule has 0 unspecified atom stereocenters. The van der Waals surface area contributed by atoms with Crippen LogP contribution in [-0.4, -0.2) is 17.7 Å². The SMILES string of the molecule is CCCCOc1cc(C)c(C(=O)O)c(Cl)c1. The predicted molar refractivity (Wildman–Crippen MR) is 63.6 cm³/mol. The quantitative estimate of drug-likeness (QED) is 0.804. The first-order chi connectivity index (χ1) is 7.56. The minimum Gasteiger partial charge on any atom is -0.494 e. The average molecular weight is 243 g/mol. The van der Waals surface area contributed by atoms with Crippen molar-refractivity contribution >= 4 is 17.6 Å². The molecule has 88 valence electrons. The number of unbranched alkanes of at least 4 members (excludes halogenated alkanes) is 1. The van der Waals surface area contributed by atoms with E-state index in [1.807, 2.05) is 0 Å². The van der Waals surface area contributed by atoms with Crippen molar-refractivity contribution in [3.05, 3.63) is 28.3 Å². The molecule has 0 heterocycles. The fourth-order valence-electron chi connectivity index (χ4n) is 1.40. The van der Waals surface area contributed by atoms with Crippen LogP contribution in [0.15, 0.2) is 12.1 Å². The average Bonchev–Trinajstić information content (AvgIpc) is 2.16. The Morgan fingerprint density at radius 1 is 1.50 bits per heavy atom. The first-order valence-corrected chi connectivity index (χ1v) is 5.60. The number of aromatic carboxylic acids is 1. The maximum absolute atomic E-state index is 10.9. The Balaban J connectivity index is 2.87. The van der Waals surface area contributed by atoms with Crippen LogP contribution in [0.25, 0.3) is 0 Å². The second kappa shape index (κ2) is 5.75. The highest BCUT2D eigenvalue weighted by molar-refractivity contribution is 6.33. The minimum atomic E-state index is -1.01. The van der Waals surface area contributed by atoms with Crippen LogP contribution in [0.5, 0.6) is 5.75 Å². The molecule has 0 bridgehead atoms. The summed E-state index contributed by atoms with van der Waals surface area (Å²) in [5.74, 6) is -0.386. The number of carbonyl (C=O) groups is 1. The molecule has 0 amide bonds. The number of carboxylic acid groups (broad SMARTS) is 1. The smallest absolute Gasteiger partial charge is 0.337 e. The molecule has 1 aromatic carbocycles. The van der Waals surface area contributed by atoms with Crippen molar-refractivity contribution in [1.82, 2.24) is 0 Å². The standard InChI is InChI=1S/C12H15ClO3/c1-3-4-5-16-9-6-8(2)11(12(14)15)10(13)7-9/h6-7H,3-5H2,1-2H3,(H,14,15). The van der Waals surface area contributed by atoms with E-state index in [1.165, 1.54) is 0 Å². The van der Waals surface area contributed by atoms with Crippen molar-refractivity contribution in [1.29, 1.82) is 0 Å². The van der Waals surface area contributed by atoms with Gasteiger partial charge < -0.3 is 9.84 Å². The van der Waals surface area contributed by atoms with Crippen LogP contribution in [0, 0.1) is 6.92 Å². The summed E-state index contributed by atoms with van der Waals surface area (Å²) in [5.41, 5.74) is 0.760. The fraction of sp³-hybridized carbons (Fsp3) is 0.417. The van der Waals surface area contributed by atoms with Gasteiger partial charge in [0.25, 0.3) is 0 Å². The van der Waals surface area contributed by atoms with E-state index in [0.717, 1.165) is 12.8 Å². The lowest BCUT2D eigenvalue weighted by atomic mass is 10.1. The van der Waals surface area contributed by atoms with Gasteiger partial charge in [-0.2, -0.15) is 0 Å². The topological polar surface area (TPSA) is 46.5 Å². The van der Waals surface area contributed by atoms with Crippen molar-refractivity contribution in [2.45, 2.75) is 26.7 Å². The molecule has 0 aliphatic carbocycles. The highest BCUT2D eigenvalue weighted by Crippen LogP contribution is 2.26. The fourth-order valence-corrected chi connectivity index (χ4v) is 1.74. The molecule has 1 aromatic rings. The zero-order chi connectivity index (χ0) is 12.1. The summed E-state index contributed by atoms with van der Waals surface area (Å²) in [6, 6.07) is 3.25. The monoisotopic (exact) mass is 242 g/mol. The molecule has 0 atom stereocenters. The van der Waals surface area contributed by atoms with Gasteiger partial charge in [0, 0.05) is 0 Å². The van der Waals surface area contributed by atoms with E-state index >= 15 is 0 Å². The highest BCUT2D eigenvalue weighted by atomic mass is 35.5. The van der Waals surface area contributed by atoms with Gasteiger partial charge in [-0.1, -0.05) is 24.9 Å². The zero-order valence-electron chi connectivity index (χ0n) is 9.42. The van der Waals surface area contributed by atoms with Crippen LogP contribution in [0.4, 0.5) is 0 Å². The maximum Gasteiger partial charge on any atom is 0.337 e. The van der Waals surface area contributed by atoms with Gasteiger partial charge >= 0.3 is 5.97 Å². The third-order valence-corrected chi connectivity index (χ3v) is 2.54. The van der Waals surface area contributed by atoms with Crippen molar-refractivity contribution in [3.63, 3.8) is 0 Å². The van der Waals surface area contributed by atoms with Crippen molar-refractivity contribution in [2.75, 3.05) is 6.61 Å². The summed E-state index contributed by atoms with van der Waals surface area (Å²) >= 11 is 5.88. The third kappa shape index (κ3) is 3.14. The van der Waals surface area contributed by atoms with Crippen LogP contribution in [-0.2, 0) is 0 Å². The molecule has 0 aromatic heterocycles. The van der Waals surface area contributed by atoms with Gasteiger partial charge in [0.1, 0.15) is 5.75 Å². The van der Waals surface area contributed by atoms with E-state index in [4.69, 9.17) is 21.4 Å². The first-order valence-electron chi connectivity index (χ1n) is 5.22. The molecule has 1 N–H and O–H groups in total. The summed E-state index contributed by atoms with van der Waals surface area (Å²) in [4.78, 5) is 10.9. The second-order valence-electron chi connectivity index (χ2n) is 3.60. The molecule has 0 fully saturated rings. The van der Waals surface area contributed by atoms with E-state index in [1.54, 1.807) is 19.1 Å². The van der Waals surface area contributed by atoms with Gasteiger partial charge in [-0.05, 0) is 31.0 Å². The van der Waals surface area contributed by atoms with E-state index < -0.39 is 5.97 Å². The third-order valence-electron chi connectivity index (χ3n) is 2.24. The van der Waals surface area contributed by atoms with Gasteiger partial charge in [0.15, 0.2) is 0 Å². The van der Waals surface area contributed by atoms with Gasteiger partial charge in [-0.3, -0.25) is 0 Å². The summed E-state index contributed by atoms with van der Waals surface area (Å²) in [6.07, 6.45) is 2.03. The number of hydrogen-bond acceptors (Lipinski definition) is 2. The Morgan fingerprint density at radius 2 is 2.19 bits per heavy atom. The van der Waals surface area contributed by atoms with Crippen molar-refractivity contribution < 1.29 is 14.6 Å². The van der Waals surface area contributed by atoms with Gasteiger partial charge in [-0.25, -0.2) is 4.79 Å². The van der Waals surface area contributed by atoms with Crippen LogP contribution in [0.2, 0.25) is 5.02 Å². The van der Waals surface area contributed by atoms with Crippen LogP contribution < -0.4 is 4.74 Å².